The number of hydrogen-bond acceptors (Lipinski definition) is 3. The fraction of sp³-hybridized carbons (Fsp3) is 0.167. The van der Waals surface area contributed by atoms with Gasteiger partial charge in [-0.05, 0) is 34.1 Å². The molecule has 96 valence electrons. The molecule has 0 amide bonds. The SMILES string of the molecule is NNC(Cc1cc(Br)cs1)c1c(F)cccc1Cl. The van der Waals surface area contributed by atoms with Crippen molar-refractivity contribution in [1.29, 1.82) is 0 Å². The molecule has 1 aromatic carbocycles. The molecule has 0 bridgehead atoms. The summed E-state index contributed by atoms with van der Waals surface area (Å²) in [6.45, 7) is 0. The van der Waals surface area contributed by atoms with Gasteiger partial charge in [0.1, 0.15) is 5.82 Å². The Balaban J connectivity index is 2.28. The molecule has 6 heteroatoms. The zero-order chi connectivity index (χ0) is 13.1. The first-order chi connectivity index (χ1) is 8.61. The van der Waals surface area contributed by atoms with E-state index in [1.165, 1.54) is 6.07 Å². The van der Waals surface area contributed by atoms with Crippen LogP contribution >= 0.6 is 38.9 Å². The van der Waals surface area contributed by atoms with E-state index in [1.54, 1.807) is 23.5 Å². The van der Waals surface area contributed by atoms with Crippen LogP contribution in [0.15, 0.2) is 34.1 Å². The molecule has 1 unspecified atom stereocenters. The van der Waals surface area contributed by atoms with Gasteiger partial charge in [-0.3, -0.25) is 11.3 Å². The van der Waals surface area contributed by atoms with Gasteiger partial charge in [-0.1, -0.05) is 17.7 Å². The molecule has 1 atom stereocenters. The van der Waals surface area contributed by atoms with Crippen LogP contribution in [-0.2, 0) is 6.42 Å². The first-order valence-corrected chi connectivity index (χ1v) is 7.30. The highest BCUT2D eigenvalue weighted by Crippen LogP contribution is 2.30. The Bertz CT molecular complexity index is 526. The lowest BCUT2D eigenvalue weighted by Gasteiger charge is -2.17. The van der Waals surface area contributed by atoms with Crippen LogP contribution < -0.4 is 11.3 Å². The first-order valence-electron chi connectivity index (χ1n) is 5.24. The molecule has 1 heterocycles. The summed E-state index contributed by atoms with van der Waals surface area (Å²) in [4.78, 5) is 1.10. The lowest BCUT2D eigenvalue weighted by Crippen LogP contribution is -2.30. The molecular weight excluding hydrogens is 339 g/mol. The molecule has 0 radical (unpaired) electrons. The van der Waals surface area contributed by atoms with Crippen molar-refractivity contribution in [2.24, 2.45) is 5.84 Å². The molecular formula is C12H11BrClFN2S. The van der Waals surface area contributed by atoms with E-state index in [1.807, 2.05) is 11.4 Å². The number of benzene rings is 1. The minimum Gasteiger partial charge on any atom is -0.271 e. The summed E-state index contributed by atoms with van der Waals surface area (Å²) in [7, 11) is 0. The smallest absolute Gasteiger partial charge is 0.129 e. The monoisotopic (exact) mass is 348 g/mol. The van der Waals surface area contributed by atoms with E-state index in [0.29, 0.717) is 17.0 Å². The van der Waals surface area contributed by atoms with Crippen LogP contribution in [0, 0.1) is 5.82 Å². The molecule has 0 spiro atoms. The van der Waals surface area contributed by atoms with Gasteiger partial charge in [0.15, 0.2) is 0 Å². The lowest BCUT2D eigenvalue weighted by molar-refractivity contribution is 0.513. The van der Waals surface area contributed by atoms with Crippen LogP contribution in [-0.4, -0.2) is 0 Å². The molecule has 2 nitrogen and oxygen atoms in total. The molecule has 18 heavy (non-hydrogen) atoms. The highest BCUT2D eigenvalue weighted by molar-refractivity contribution is 9.10. The topological polar surface area (TPSA) is 38.0 Å². The number of hydrazine groups is 1. The number of thiophene rings is 1. The fourth-order valence-electron chi connectivity index (χ4n) is 1.75. The average Bonchev–Trinajstić information content (AvgIpc) is 2.73. The highest BCUT2D eigenvalue weighted by Gasteiger charge is 2.19. The molecule has 1 aromatic heterocycles. The molecule has 3 N–H and O–H groups in total. The van der Waals surface area contributed by atoms with Gasteiger partial charge in [-0.2, -0.15) is 0 Å². The van der Waals surface area contributed by atoms with Gasteiger partial charge < -0.3 is 0 Å². The number of halogens is 3. The van der Waals surface area contributed by atoms with Crippen molar-refractivity contribution in [1.82, 2.24) is 5.43 Å². The molecule has 0 saturated heterocycles. The summed E-state index contributed by atoms with van der Waals surface area (Å²) in [5, 5.41) is 2.36. The highest BCUT2D eigenvalue weighted by atomic mass is 79.9. The molecule has 0 aliphatic rings. The van der Waals surface area contributed by atoms with Crippen LogP contribution in [0.2, 0.25) is 5.02 Å². The molecule has 0 aliphatic heterocycles. The van der Waals surface area contributed by atoms with Crippen LogP contribution in [0.1, 0.15) is 16.5 Å². The van der Waals surface area contributed by atoms with Gasteiger partial charge >= 0.3 is 0 Å². The summed E-state index contributed by atoms with van der Waals surface area (Å²) < 4.78 is 14.8. The van der Waals surface area contributed by atoms with Crippen molar-refractivity contribution >= 4 is 38.9 Å². The predicted octanol–water partition coefficient (Wildman–Crippen LogP) is 4.05. The predicted molar refractivity (Wildman–Crippen MR) is 77.2 cm³/mol. The van der Waals surface area contributed by atoms with Crippen LogP contribution in [0.4, 0.5) is 4.39 Å². The maximum absolute atomic E-state index is 13.8. The van der Waals surface area contributed by atoms with Crippen molar-refractivity contribution in [3.63, 3.8) is 0 Å². The standard InChI is InChI=1S/C12H11BrClFN2S/c13-7-4-8(18-6-7)5-11(17-16)12-9(14)2-1-3-10(12)15/h1-4,6,11,17H,5,16H2. The summed E-state index contributed by atoms with van der Waals surface area (Å²) in [6, 6.07) is 6.27. The van der Waals surface area contributed by atoms with E-state index in [-0.39, 0.29) is 11.9 Å². The van der Waals surface area contributed by atoms with Crippen molar-refractivity contribution in [2.45, 2.75) is 12.5 Å². The van der Waals surface area contributed by atoms with Gasteiger partial charge in [0, 0.05) is 31.7 Å². The number of nitrogens with one attached hydrogen (secondary N) is 1. The zero-order valence-corrected chi connectivity index (χ0v) is 12.4. The molecule has 0 aliphatic carbocycles. The maximum atomic E-state index is 13.8. The number of rotatable bonds is 4. The normalized spacial score (nSPS) is 12.7. The summed E-state index contributed by atoms with van der Waals surface area (Å²) in [5.74, 6) is 5.17. The lowest BCUT2D eigenvalue weighted by atomic mass is 10.0. The van der Waals surface area contributed by atoms with E-state index < -0.39 is 0 Å². The van der Waals surface area contributed by atoms with E-state index in [0.717, 1.165) is 9.35 Å². The molecule has 0 saturated carbocycles. The molecule has 2 aromatic rings. The van der Waals surface area contributed by atoms with E-state index >= 15 is 0 Å². The third kappa shape index (κ3) is 3.10. The van der Waals surface area contributed by atoms with Crippen LogP contribution in [0.3, 0.4) is 0 Å². The Morgan fingerprint density at radius 2 is 2.28 bits per heavy atom. The third-order valence-electron chi connectivity index (χ3n) is 2.58. The zero-order valence-electron chi connectivity index (χ0n) is 9.29. The van der Waals surface area contributed by atoms with Crippen LogP contribution in [0.5, 0.6) is 0 Å². The first kappa shape index (κ1) is 14.0. The molecule has 0 fully saturated rings. The largest absolute Gasteiger partial charge is 0.271 e. The maximum Gasteiger partial charge on any atom is 0.129 e. The van der Waals surface area contributed by atoms with Gasteiger partial charge in [0.2, 0.25) is 0 Å². The summed E-state index contributed by atoms with van der Waals surface area (Å²) in [5.41, 5.74) is 3.03. The third-order valence-corrected chi connectivity index (χ3v) is 4.63. The van der Waals surface area contributed by atoms with E-state index in [2.05, 4.69) is 21.4 Å². The number of hydrogen-bond donors (Lipinski definition) is 2. The minimum atomic E-state index is -0.346. The Morgan fingerprint density at radius 3 is 2.83 bits per heavy atom. The average molecular weight is 350 g/mol. The second-order valence-corrected chi connectivity index (χ2v) is 6.11. The second-order valence-electron chi connectivity index (χ2n) is 3.79. The summed E-state index contributed by atoms with van der Waals surface area (Å²) in [6.07, 6.45) is 0.591. The Kier molecular flexibility index (Phi) is 4.75. The van der Waals surface area contributed by atoms with Crippen LogP contribution in [0.25, 0.3) is 0 Å². The fourth-order valence-corrected chi connectivity index (χ4v) is 3.54. The van der Waals surface area contributed by atoms with Gasteiger partial charge in [-0.15, -0.1) is 11.3 Å². The number of nitrogens with two attached hydrogens (primary N) is 1. The minimum absolute atomic E-state index is 0.343. The quantitative estimate of drug-likeness (QED) is 0.645. The van der Waals surface area contributed by atoms with Gasteiger partial charge in [0.05, 0.1) is 6.04 Å². The second kappa shape index (κ2) is 6.12. The Hall–Kier alpha value is -0.460. The van der Waals surface area contributed by atoms with Crippen molar-refractivity contribution in [3.8, 4) is 0 Å². The van der Waals surface area contributed by atoms with E-state index in [9.17, 15) is 4.39 Å². The Labute approximate surface area is 122 Å². The van der Waals surface area contributed by atoms with Gasteiger partial charge in [0.25, 0.3) is 0 Å². The Morgan fingerprint density at radius 1 is 1.50 bits per heavy atom. The molecule has 2 rings (SSSR count). The van der Waals surface area contributed by atoms with Crippen molar-refractivity contribution < 1.29 is 4.39 Å². The summed E-state index contributed by atoms with van der Waals surface area (Å²) >= 11 is 11.0. The van der Waals surface area contributed by atoms with Crippen molar-refractivity contribution in [3.05, 3.63) is 55.4 Å². The van der Waals surface area contributed by atoms with Crippen molar-refractivity contribution in [2.75, 3.05) is 0 Å². The van der Waals surface area contributed by atoms with Gasteiger partial charge in [-0.25, -0.2) is 4.39 Å². The van der Waals surface area contributed by atoms with E-state index in [4.69, 9.17) is 17.4 Å².